The Hall–Kier alpha value is -2.14. The van der Waals surface area contributed by atoms with Crippen molar-refractivity contribution in [3.05, 3.63) is 48.6 Å². The van der Waals surface area contributed by atoms with Crippen LogP contribution in [0.25, 0.3) is 0 Å². The molecule has 1 atom stereocenters. The lowest BCUT2D eigenvalue weighted by Crippen LogP contribution is -2.30. The minimum Gasteiger partial charge on any atom is -0.462 e. The highest BCUT2D eigenvalue weighted by atomic mass is 16.6. The van der Waals surface area contributed by atoms with E-state index in [4.69, 9.17) is 14.2 Å². The molecule has 0 rings (SSSR count). The lowest BCUT2D eigenvalue weighted by molar-refractivity contribution is -0.163. The van der Waals surface area contributed by atoms with Crippen LogP contribution in [0.5, 0.6) is 0 Å². The third-order valence-electron chi connectivity index (χ3n) is 9.35. The maximum absolute atomic E-state index is 12.5. The molecule has 0 aromatic heterocycles. The fourth-order valence-electron chi connectivity index (χ4n) is 6.05. The van der Waals surface area contributed by atoms with Gasteiger partial charge in [0.1, 0.15) is 6.61 Å². The van der Waals surface area contributed by atoms with Gasteiger partial charge in [-0.05, 0) is 77.0 Å². The number of allylic oxidation sites excluding steroid dienone is 8. The quantitative estimate of drug-likeness (QED) is 0.0357. The van der Waals surface area contributed by atoms with Crippen LogP contribution in [-0.2, 0) is 23.8 Å². The lowest BCUT2D eigenvalue weighted by atomic mass is 10.1. The van der Waals surface area contributed by atoms with Crippen LogP contribution in [0.3, 0.4) is 0 Å². The highest BCUT2D eigenvalue weighted by Gasteiger charge is 2.17. The van der Waals surface area contributed by atoms with Crippen LogP contribution in [0.4, 0.5) is 0 Å². The highest BCUT2D eigenvalue weighted by Crippen LogP contribution is 2.13. The van der Waals surface area contributed by atoms with Gasteiger partial charge in [-0.15, -0.1) is 0 Å². The molecule has 0 bridgehead atoms. The topological polar surface area (TPSA) is 61.8 Å². The Morgan fingerprint density at radius 1 is 0.442 bits per heavy atom. The zero-order valence-corrected chi connectivity index (χ0v) is 34.6. The zero-order chi connectivity index (χ0) is 37.8. The van der Waals surface area contributed by atoms with Crippen molar-refractivity contribution in [1.29, 1.82) is 0 Å². The molecule has 52 heavy (non-hydrogen) atoms. The molecule has 0 aromatic carbocycles. The van der Waals surface area contributed by atoms with Crippen LogP contribution in [0.2, 0.25) is 0 Å². The van der Waals surface area contributed by atoms with E-state index in [-0.39, 0.29) is 25.2 Å². The number of carbonyl (C=O) groups is 2. The van der Waals surface area contributed by atoms with Crippen LogP contribution in [-0.4, -0.2) is 37.9 Å². The summed E-state index contributed by atoms with van der Waals surface area (Å²) < 4.78 is 17.2. The Morgan fingerprint density at radius 3 is 1.42 bits per heavy atom. The molecule has 0 N–H and O–H groups in total. The summed E-state index contributed by atoms with van der Waals surface area (Å²) in [6, 6.07) is 0. The summed E-state index contributed by atoms with van der Waals surface area (Å²) in [5, 5.41) is 0. The number of hydrogen-bond acceptors (Lipinski definition) is 5. The van der Waals surface area contributed by atoms with Crippen LogP contribution in [0.1, 0.15) is 213 Å². The lowest BCUT2D eigenvalue weighted by Gasteiger charge is -2.18. The molecule has 0 aliphatic rings. The monoisotopic (exact) mass is 729 g/mol. The second kappa shape index (κ2) is 43.3. The summed E-state index contributed by atoms with van der Waals surface area (Å²) in [6.45, 7) is 7.60. The molecule has 0 aliphatic carbocycles. The molecule has 0 amide bonds. The standard InChI is InChI=1S/C47H84O5/c1-4-7-10-13-15-17-19-21-22-23-24-25-27-29-31-33-36-39-42-50-43-45(52-47(49)41-38-34-12-9-6-3)44-51-46(48)40-37-35-32-30-28-26-20-18-16-14-11-8-5-2/h8,11,16,18,21-22,26,28,45H,4-7,9-10,12-15,17,19-20,23-25,27,29-44H2,1-3H3/b11-8-,18-16-,22-21-,28-26-. The molecule has 0 spiro atoms. The summed E-state index contributed by atoms with van der Waals surface area (Å²) in [4.78, 5) is 24.9. The van der Waals surface area contributed by atoms with Gasteiger partial charge in [0, 0.05) is 19.4 Å². The van der Waals surface area contributed by atoms with E-state index >= 15 is 0 Å². The Morgan fingerprint density at radius 2 is 0.865 bits per heavy atom. The third kappa shape index (κ3) is 40.6. The van der Waals surface area contributed by atoms with Crippen LogP contribution < -0.4 is 0 Å². The van der Waals surface area contributed by atoms with E-state index in [0.717, 1.165) is 77.0 Å². The van der Waals surface area contributed by atoms with E-state index in [1.165, 1.54) is 103 Å². The number of rotatable bonds is 40. The number of ether oxygens (including phenoxy) is 3. The minimum atomic E-state index is -0.542. The normalized spacial score (nSPS) is 12.6. The van der Waals surface area contributed by atoms with Gasteiger partial charge in [0.2, 0.25) is 0 Å². The second-order valence-electron chi connectivity index (χ2n) is 14.6. The average molecular weight is 729 g/mol. The number of esters is 2. The molecule has 0 heterocycles. The first-order chi connectivity index (χ1) is 25.6. The first kappa shape index (κ1) is 49.9. The third-order valence-corrected chi connectivity index (χ3v) is 9.35. The van der Waals surface area contributed by atoms with E-state index in [0.29, 0.717) is 19.4 Å². The predicted molar refractivity (Wildman–Crippen MR) is 224 cm³/mol. The minimum absolute atomic E-state index is 0.0693. The van der Waals surface area contributed by atoms with E-state index in [1.54, 1.807) is 0 Å². The van der Waals surface area contributed by atoms with Gasteiger partial charge in [0.05, 0.1) is 6.61 Å². The summed E-state index contributed by atoms with van der Waals surface area (Å²) in [7, 11) is 0. The van der Waals surface area contributed by atoms with Gasteiger partial charge in [-0.1, -0.05) is 172 Å². The van der Waals surface area contributed by atoms with Crippen molar-refractivity contribution >= 4 is 11.9 Å². The fourth-order valence-corrected chi connectivity index (χ4v) is 6.05. The molecular weight excluding hydrogens is 645 g/mol. The van der Waals surface area contributed by atoms with Crippen LogP contribution >= 0.6 is 0 Å². The SMILES string of the molecule is CC/C=C\C/C=C\C/C=C\CCCCCC(=O)OCC(COCCCCCCCCCC/C=C\CCCCCCCC)OC(=O)CCCCCCC. The molecular formula is C47H84O5. The number of unbranched alkanes of at least 4 members (excludes halogenated alkanes) is 21. The maximum atomic E-state index is 12.5. The fraction of sp³-hybridized carbons (Fsp3) is 0.787. The van der Waals surface area contributed by atoms with Crippen molar-refractivity contribution in [2.24, 2.45) is 0 Å². The van der Waals surface area contributed by atoms with Gasteiger partial charge in [-0.3, -0.25) is 9.59 Å². The van der Waals surface area contributed by atoms with Gasteiger partial charge in [-0.25, -0.2) is 0 Å². The van der Waals surface area contributed by atoms with E-state index in [9.17, 15) is 9.59 Å². The van der Waals surface area contributed by atoms with Crippen molar-refractivity contribution in [1.82, 2.24) is 0 Å². The number of hydrogen-bond donors (Lipinski definition) is 0. The Balaban J connectivity index is 4.08. The highest BCUT2D eigenvalue weighted by molar-refractivity contribution is 5.70. The van der Waals surface area contributed by atoms with Crippen molar-refractivity contribution < 1.29 is 23.8 Å². The molecule has 0 aromatic rings. The van der Waals surface area contributed by atoms with Gasteiger partial charge < -0.3 is 14.2 Å². The summed E-state index contributed by atoms with van der Waals surface area (Å²) in [5.41, 5.74) is 0. The molecule has 5 heteroatoms. The second-order valence-corrected chi connectivity index (χ2v) is 14.6. The van der Waals surface area contributed by atoms with Gasteiger partial charge in [0.15, 0.2) is 6.10 Å². The first-order valence-electron chi connectivity index (χ1n) is 22.2. The Labute approximate surface area is 322 Å². The molecule has 1 unspecified atom stereocenters. The van der Waals surface area contributed by atoms with Crippen molar-refractivity contribution in [3.8, 4) is 0 Å². The van der Waals surface area contributed by atoms with E-state index in [2.05, 4.69) is 69.4 Å². The molecule has 0 aliphatic heterocycles. The summed E-state index contributed by atoms with van der Waals surface area (Å²) in [6.07, 6.45) is 51.4. The summed E-state index contributed by atoms with van der Waals surface area (Å²) in [5.74, 6) is -0.444. The average Bonchev–Trinajstić information content (AvgIpc) is 3.14. The molecule has 0 radical (unpaired) electrons. The van der Waals surface area contributed by atoms with Gasteiger partial charge in [-0.2, -0.15) is 0 Å². The van der Waals surface area contributed by atoms with Gasteiger partial charge in [0.25, 0.3) is 0 Å². The Kier molecular flexibility index (Phi) is 41.5. The van der Waals surface area contributed by atoms with Crippen molar-refractivity contribution in [2.75, 3.05) is 19.8 Å². The first-order valence-corrected chi connectivity index (χ1v) is 22.2. The Bertz CT molecular complexity index is 873. The molecule has 5 nitrogen and oxygen atoms in total. The van der Waals surface area contributed by atoms with Crippen molar-refractivity contribution in [3.63, 3.8) is 0 Å². The van der Waals surface area contributed by atoms with Crippen LogP contribution in [0, 0.1) is 0 Å². The maximum Gasteiger partial charge on any atom is 0.306 e. The van der Waals surface area contributed by atoms with E-state index in [1.807, 2.05) is 0 Å². The molecule has 0 fully saturated rings. The van der Waals surface area contributed by atoms with Gasteiger partial charge >= 0.3 is 11.9 Å². The largest absolute Gasteiger partial charge is 0.462 e. The molecule has 0 saturated carbocycles. The number of carbonyl (C=O) groups excluding carboxylic acids is 2. The summed E-state index contributed by atoms with van der Waals surface area (Å²) >= 11 is 0. The molecule has 302 valence electrons. The zero-order valence-electron chi connectivity index (χ0n) is 34.6. The smallest absolute Gasteiger partial charge is 0.306 e. The molecule has 0 saturated heterocycles. The van der Waals surface area contributed by atoms with E-state index < -0.39 is 6.10 Å². The van der Waals surface area contributed by atoms with Crippen molar-refractivity contribution in [2.45, 2.75) is 219 Å². The predicted octanol–water partition coefficient (Wildman–Crippen LogP) is 14.4. The van der Waals surface area contributed by atoms with Crippen LogP contribution in [0.15, 0.2) is 48.6 Å².